The second-order valence-electron chi connectivity index (χ2n) is 5.18. The SMILES string of the molecule is C=CCC[C@H](c1ccc(F)c(C)c1)N1CCNCC1. The number of nitrogens with zero attached hydrogens (tertiary/aromatic N) is 1. The van der Waals surface area contributed by atoms with E-state index in [2.05, 4.69) is 16.8 Å². The van der Waals surface area contributed by atoms with E-state index in [-0.39, 0.29) is 5.82 Å². The monoisotopic (exact) mass is 262 g/mol. The molecule has 1 atom stereocenters. The summed E-state index contributed by atoms with van der Waals surface area (Å²) >= 11 is 0. The highest BCUT2D eigenvalue weighted by molar-refractivity contribution is 5.26. The molecule has 0 saturated carbocycles. The number of allylic oxidation sites excluding steroid dienone is 1. The Morgan fingerprint density at radius 3 is 2.79 bits per heavy atom. The zero-order chi connectivity index (χ0) is 13.7. The maximum atomic E-state index is 13.4. The molecule has 1 aromatic carbocycles. The van der Waals surface area contributed by atoms with Gasteiger partial charge in [0.1, 0.15) is 5.82 Å². The first-order valence-electron chi connectivity index (χ1n) is 7.04. The van der Waals surface area contributed by atoms with Crippen LogP contribution in [0.4, 0.5) is 4.39 Å². The summed E-state index contributed by atoms with van der Waals surface area (Å²) in [6.07, 6.45) is 4.01. The van der Waals surface area contributed by atoms with Gasteiger partial charge in [-0.25, -0.2) is 4.39 Å². The molecule has 0 spiro atoms. The molecule has 1 aliphatic rings. The summed E-state index contributed by atoms with van der Waals surface area (Å²) in [6.45, 7) is 9.82. The van der Waals surface area contributed by atoms with E-state index >= 15 is 0 Å². The van der Waals surface area contributed by atoms with Crippen LogP contribution >= 0.6 is 0 Å². The lowest BCUT2D eigenvalue weighted by atomic mass is 9.97. The molecule has 0 unspecified atom stereocenters. The van der Waals surface area contributed by atoms with Gasteiger partial charge in [0.2, 0.25) is 0 Å². The van der Waals surface area contributed by atoms with Crippen LogP contribution < -0.4 is 5.32 Å². The Balaban J connectivity index is 2.19. The average Bonchev–Trinajstić information content (AvgIpc) is 2.44. The van der Waals surface area contributed by atoms with Gasteiger partial charge in [-0.2, -0.15) is 0 Å². The van der Waals surface area contributed by atoms with Gasteiger partial charge < -0.3 is 5.32 Å². The minimum atomic E-state index is -0.119. The van der Waals surface area contributed by atoms with Gasteiger partial charge in [0.05, 0.1) is 0 Å². The third-order valence-corrected chi connectivity index (χ3v) is 3.80. The molecule has 1 N–H and O–H groups in total. The molecule has 1 saturated heterocycles. The molecule has 2 rings (SSSR count). The molecule has 19 heavy (non-hydrogen) atoms. The summed E-state index contributed by atoms with van der Waals surface area (Å²) < 4.78 is 13.4. The highest BCUT2D eigenvalue weighted by Gasteiger charge is 2.21. The number of hydrogen-bond acceptors (Lipinski definition) is 2. The fourth-order valence-corrected chi connectivity index (χ4v) is 2.70. The summed E-state index contributed by atoms with van der Waals surface area (Å²) in [6, 6.07) is 5.89. The van der Waals surface area contributed by atoms with Crippen molar-refractivity contribution >= 4 is 0 Å². The van der Waals surface area contributed by atoms with Crippen molar-refractivity contribution in [1.82, 2.24) is 10.2 Å². The number of nitrogens with one attached hydrogen (secondary N) is 1. The molecule has 0 aromatic heterocycles. The van der Waals surface area contributed by atoms with Crippen LogP contribution in [-0.4, -0.2) is 31.1 Å². The van der Waals surface area contributed by atoms with E-state index in [9.17, 15) is 4.39 Å². The molecule has 2 nitrogen and oxygen atoms in total. The Labute approximate surface area is 115 Å². The summed E-state index contributed by atoms with van der Waals surface area (Å²) in [5.74, 6) is -0.119. The third-order valence-electron chi connectivity index (χ3n) is 3.80. The van der Waals surface area contributed by atoms with E-state index in [1.165, 1.54) is 5.56 Å². The topological polar surface area (TPSA) is 15.3 Å². The molecule has 3 heteroatoms. The molecule has 0 aliphatic carbocycles. The van der Waals surface area contributed by atoms with Gasteiger partial charge in [0.25, 0.3) is 0 Å². The molecule has 1 fully saturated rings. The number of aryl methyl sites for hydroxylation is 1. The molecule has 0 radical (unpaired) electrons. The minimum Gasteiger partial charge on any atom is -0.314 e. The second kappa shape index (κ2) is 6.83. The van der Waals surface area contributed by atoms with Gasteiger partial charge in [-0.1, -0.05) is 18.2 Å². The average molecular weight is 262 g/mol. The van der Waals surface area contributed by atoms with Gasteiger partial charge in [0, 0.05) is 32.2 Å². The van der Waals surface area contributed by atoms with Crippen LogP contribution in [0, 0.1) is 12.7 Å². The summed E-state index contributed by atoms with van der Waals surface area (Å²) in [5.41, 5.74) is 1.96. The van der Waals surface area contributed by atoms with E-state index in [0.717, 1.165) is 44.6 Å². The van der Waals surface area contributed by atoms with Gasteiger partial charge in [0.15, 0.2) is 0 Å². The van der Waals surface area contributed by atoms with Gasteiger partial charge in [-0.15, -0.1) is 6.58 Å². The Kier molecular flexibility index (Phi) is 5.11. The van der Waals surface area contributed by atoms with Crippen molar-refractivity contribution < 1.29 is 4.39 Å². The van der Waals surface area contributed by atoms with Crippen molar-refractivity contribution in [3.63, 3.8) is 0 Å². The van der Waals surface area contributed by atoms with Crippen molar-refractivity contribution in [1.29, 1.82) is 0 Å². The van der Waals surface area contributed by atoms with Gasteiger partial charge in [-0.05, 0) is 37.0 Å². The molecule has 1 heterocycles. The second-order valence-corrected chi connectivity index (χ2v) is 5.18. The zero-order valence-corrected chi connectivity index (χ0v) is 11.7. The molecule has 0 amide bonds. The van der Waals surface area contributed by atoms with E-state index in [1.54, 1.807) is 6.07 Å². The molecular weight excluding hydrogens is 239 g/mol. The highest BCUT2D eigenvalue weighted by atomic mass is 19.1. The van der Waals surface area contributed by atoms with E-state index < -0.39 is 0 Å². The first-order chi connectivity index (χ1) is 9.22. The number of hydrogen-bond donors (Lipinski definition) is 1. The largest absolute Gasteiger partial charge is 0.314 e. The van der Waals surface area contributed by atoms with Crippen LogP contribution in [0.1, 0.15) is 30.0 Å². The van der Waals surface area contributed by atoms with E-state index in [1.807, 2.05) is 25.1 Å². The van der Waals surface area contributed by atoms with Crippen molar-refractivity contribution in [3.8, 4) is 0 Å². The normalized spacial score (nSPS) is 18.2. The van der Waals surface area contributed by atoms with Crippen LogP contribution in [0.2, 0.25) is 0 Å². The lowest BCUT2D eigenvalue weighted by Crippen LogP contribution is -2.45. The standard InChI is InChI=1S/C16H23FN2/c1-3-4-5-16(19-10-8-18-9-11-19)14-6-7-15(17)13(2)12-14/h3,6-7,12,16,18H,1,4-5,8-11H2,2H3/t16-/m1/s1. The van der Waals surface area contributed by atoms with Crippen molar-refractivity contribution in [2.24, 2.45) is 0 Å². The lowest BCUT2D eigenvalue weighted by molar-refractivity contribution is 0.166. The molecule has 1 aromatic rings. The quantitative estimate of drug-likeness (QED) is 0.821. The predicted octanol–water partition coefficient (Wildman–Crippen LogP) is 3.05. The van der Waals surface area contributed by atoms with Crippen LogP contribution in [0.15, 0.2) is 30.9 Å². The smallest absolute Gasteiger partial charge is 0.126 e. The number of rotatable bonds is 5. The Hall–Kier alpha value is -1.19. The van der Waals surface area contributed by atoms with Crippen molar-refractivity contribution in [3.05, 3.63) is 47.8 Å². The zero-order valence-electron chi connectivity index (χ0n) is 11.7. The van der Waals surface area contributed by atoms with Crippen LogP contribution in [-0.2, 0) is 0 Å². The number of halogens is 1. The Bertz CT molecular complexity index is 425. The minimum absolute atomic E-state index is 0.119. The maximum Gasteiger partial charge on any atom is 0.126 e. The number of piperazine rings is 1. The molecule has 104 valence electrons. The molecule has 1 aliphatic heterocycles. The fourth-order valence-electron chi connectivity index (χ4n) is 2.70. The Morgan fingerprint density at radius 2 is 2.16 bits per heavy atom. The third kappa shape index (κ3) is 3.64. The summed E-state index contributed by atoms with van der Waals surface area (Å²) in [4.78, 5) is 2.49. The van der Waals surface area contributed by atoms with E-state index in [0.29, 0.717) is 6.04 Å². The van der Waals surface area contributed by atoms with Crippen molar-refractivity contribution in [2.45, 2.75) is 25.8 Å². The van der Waals surface area contributed by atoms with Crippen LogP contribution in [0.25, 0.3) is 0 Å². The first kappa shape index (κ1) is 14.2. The molecular formula is C16H23FN2. The molecule has 0 bridgehead atoms. The lowest BCUT2D eigenvalue weighted by Gasteiger charge is -2.35. The van der Waals surface area contributed by atoms with E-state index in [4.69, 9.17) is 0 Å². The maximum absolute atomic E-state index is 13.4. The predicted molar refractivity (Wildman–Crippen MR) is 77.8 cm³/mol. The fraction of sp³-hybridized carbons (Fsp3) is 0.500. The van der Waals surface area contributed by atoms with Crippen LogP contribution in [0.3, 0.4) is 0 Å². The first-order valence-corrected chi connectivity index (χ1v) is 7.04. The number of benzene rings is 1. The van der Waals surface area contributed by atoms with Crippen molar-refractivity contribution in [2.75, 3.05) is 26.2 Å². The summed E-state index contributed by atoms with van der Waals surface area (Å²) in [5, 5.41) is 3.38. The highest BCUT2D eigenvalue weighted by Crippen LogP contribution is 2.27. The van der Waals surface area contributed by atoms with Gasteiger partial charge in [-0.3, -0.25) is 4.90 Å². The summed E-state index contributed by atoms with van der Waals surface area (Å²) in [7, 11) is 0. The van der Waals surface area contributed by atoms with Crippen LogP contribution in [0.5, 0.6) is 0 Å². The van der Waals surface area contributed by atoms with Gasteiger partial charge >= 0.3 is 0 Å². The Morgan fingerprint density at radius 1 is 1.42 bits per heavy atom.